The third-order valence-corrected chi connectivity index (χ3v) is 4.61. The van der Waals surface area contributed by atoms with E-state index in [2.05, 4.69) is 19.5 Å². The van der Waals surface area contributed by atoms with Gasteiger partial charge in [-0.25, -0.2) is 4.98 Å². The average Bonchev–Trinajstić information content (AvgIpc) is 3.02. The number of ether oxygens (including phenoxy) is 1. The van der Waals surface area contributed by atoms with Crippen molar-refractivity contribution in [1.29, 1.82) is 0 Å². The first-order valence-electron chi connectivity index (χ1n) is 5.53. The molecule has 1 unspecified atom stereocenters. The number of nitrogens with zero attached hydrogens (tertiary/aromatic N) is 4. The van der Waals surface area contributed by atoms with Crippen LogP contribution < -0.4 is 0 Å². The van der Waals surface area contributed by atoms with Gasteiger partial charge in [0, 0.05) is 42.7 Å². The van der Waals surface area contributed by atoms with Crippen LogP contribution in [0.25, 0.3) is 0 Å². The van der Waals surface area contributed by atoms with E-state index >= 15 is 0 Å². The molecule has 0 bridgehead atoms. The van der Waals surface area contributed by atoms with Crippen LogP contribution in [0.1, 0.15) is 16.8 Å². The minimum atomic E-state index is 0.0594. The molecular weight excluding hydrogens is 292 g/mol. The van der Waals surface area contributed by atoms with Gasteiger partial charge in [-0.3, -0.25) is 4.90 Å². The minimum absolute atomic E-state index is 0.0594. The molecule has 0 spiro atoms. The molecule has 1 atom stereocenters. The zero-order valence-electron chi connectivity index (χ0n) is 9.45. The van der Waals surface area contributed by atoms with Crippen molar-refractivity contribution < 1.29 is 4.74 Å². The van der Waals surface area contributed by atoms with Gasteiger partial charge < -0.3 is 4.74 Å². The van der Waals surface area contributed by atoms with Crippen LogP contribution in [-0.2, 0) is 11.3 Å². The molecule has 8 heteroatoms. The molecule has 3 rings (SSSR count). The van der Waals surface area contributed by atoms with Crippen molar-refractivity contribution in [2.45, 2.75) is 12.6 Å². The lowest BCUT2D eigenvalue weighted by Crippen LogP contribution is -2.37. The summed E-state index contributed by atoms with van der Waals surface area (Å²) >= 11 is 8.88. The summed E-state index contributed by atoms with van der Waals surface area (Å²) < 4.78 is 10.3. The van der Waals surface area contributed by atoms with Crippen molar-refractivity contribution in [3.05, 3.63) is 26.6 Å². The van der Waals surface area contributed by atoms with E-state index in [4.69, 9.17) is 16.3 Å². The van der Waals surface area contributed by atoms with Crippen molar-refractivity contribution in [1.82, 2.24) is 19.5 Å². The van der Waals surface area contributed by atoms with Gasteiger partial charge in [-0.05, 0) is 0 Å². The summed E-state index contributed by atoms with van der Waals surface area (Å²) in [6.45, 7) is 3.14. The summed E-state index contributed by atoms with van der Waals surface area (Å²) in [5.41, 5.74) is 0.849. The molecule has 1 aliphatic rings. The number of hydrogen-bond donors (Lipinski definition) is 0. The molecule has 3 heterocycles. The highest BCUT2D eigenvalue weighted by atomic mass is 35.5. The number of halogens is 1. The van der Waals surface area contributed by atoms with Crippen LogP contribution in [0, 0.1) is 0 Å². The van der Waals surface area contributed by atoms with Crippen LogP contribution in [0.2, 0.25) is 4.34 Å². The summed E-state index contributed by atoms with van der Waals surface area (Å²) in [4.78, 5) is 6.58. The normalized spacial score (nSPS) is 21.3. The SMILES string of the molecule is Clc1snnc1CN1CCOC(c2nccs2)C1. The maximum atomic E-state index is 6.02. The lowest BCUT2D eigenvalue weighted by molar-refractivity contribution is -0.0333. The Hall–Kier alpha value is -0.600. The van der Waals surface area contributed by atoms with Gasteiger partial charge in [0.25, 0.3) is 0 Å². The largest absolute Gasteiger partial charge is 0.368 e. The smallest absolute Gasteiger partial charge is 0.138 e. The molecule has 0 amide bonds. The highest BCUT2D eigenvalue weighted by Crippen LogP contribution is 2.26. The molecule has 1 aliphatic heterocycles. The predicted molar refractivity (Wildman–Crippen MR) is 71.0 cm³/mol. The molecular formula is C10H11ClN4OS2. The number of morpholine rings is 1. The summed E-state index contributed by atoms with van der Waals surface area (Å²) in [5.74, 6) is 0. The Labute approximate surface area is 118 Å². The van der Waals surface area contributed by atoms with E-state index in [9.17, 15) is 0 Å². The number of hydrogen-bond acceptors (Lipinski definition) is 7. The van der Waals surface area contributed by atoms with Gasteiger partial charge in [0.05, 0.1) is 6.61 Å². The molecule has 5 nitrogen and oxygen atoms in total. The van der Waals surface area contributed by atoms with Gasteiger partial charge in [0.15, 0.2) is 0 Å². The Morgan fingerprint density at radius 3 is 3.22 bits per heavy atom. The van der Waals surface area contributed by atoms with Gasteiger partial charge >= 0.3 is 0 Å². The Bertz CT molecular complexity index is 504. The van der Waals surface area contributed by atoms with Gasteiger partial charge in [-0.2, -0.15) is 0 Å². The molecule has 18 heavy (non-hydrogen) atoms. The fourth-order valence-electron chi connectivity index (χ4n) is 1.89. The van der Waals surface area contributed by atoms with E-state index in [1.54, 1.807) is 11.3 Å². The molecule has 0 aromatic carbocycles. The molecule has 1 saturated heterocycles. The first-order chi connectivity index (χ1) is 8.83. The monoisotopic (exact) mass is 302 g/mol. The Kier molecular flexibility index (Phi) is 3.86. The highest BCUT2D eigenvalue weighted by Gasteiger charge is 2.24. The van der Waals surface area contributed by atoms with Crippen molar-refractivity contribution in [3.8, 4) is 0 Å². The molecule has 96 valence electrons. The second-order valence-electron chi connectivity index (χ2n) is 3.96. The molecule has 0 saturated carbocycles. The Morgan fingerprint density at radius 2 is 2.50 bits per heavy atom. The molecule has 1 fully saturated rings. The lowest BCUT2D eigenvalue weighted by atomic mass is 10.2. The summed E-state index contributed by atoms with van der Waals surface area (Å²) in [7, 11) is 0. The molecule has 2 aromatic heterocycles. The van der Waals surface area contributed by atoms with Gasteiger partial charge in [-0.1, -0.05) is 16.1 Å². The maximum Gasteiger partial charge on any atom is 0.138 e. The van der Waals surface area contributed by atoms with Crippen molar-refractivity contribution in [2.24, 2.45) is 0 Å². The van der Waals surface area contributed by atoms with E-state index in [0.29, 0.717) is 10.9 Å². The summed E-state index contributed by atoms with van der Waals surface area (Å²) in [6, 6.07) is 0. The van der Waals surface area contributed by atoms with E-state index in [-0.39, 0.29) is 6.10 Å². The lowest BCUT2D eigenvalue weighted by Gasteiger charge is -2.31. The fraction of sp³-hybridized carbons (Fsp3) is 0.500. The van der Waals surface area contributed by atoms with Crippen LogP contribution in [0.3, 0.4) is 0 Å². The van der Waals surface area contributed by atoms with Crippen molar-refractivity contribution >= 4 is 34.5 Å². The summed E-state index contributed by atoms with van der Waals surface area (Å²) in [5, 5.41) is 7.04. The van der Waals surface area contributed by atoms with E-state index in [0.717, 1.165) is 30.3 Å². The topological polar surface area (TPSA) is 51.1 Å². The van der Waals surface area contributed by atoms with Crippen LogP contribution in [0.4, 0.5) is 0 Å². The maximum absolute atomic E-state index is 6.02. The van der Waals surface area contributed by atoms with E-state index in [1.807, 2.05) is 11.6 Å². The quantitative estimate of drug-likeness (QED) is 0.870. The average molecular weight is 303 g/mol. The number of thiazole rings is 1. The van der Waals surface area contributed by atoms with Crippen LogP contribution in [-0.4, -0.2) is 39.2 Å². The fourth-order valence-corrected chi connectivity index (χ4v) is 3.18. The Balaban J connectivity index is 1.66. The third kappa shape index (κ3) is 2.70. The highest BCUT2D eigenvalue weighted by molar-refractivity contribution is 7.10. The Morgan fingerprint density at radius 1 is 1.56 bits per heavy atom. The first kappa shape index (κ1) is 12.4. The van der Waals surface area contributed by atoms with Crippen LogP contribution in [0.15, 0.2) is 11.6 Å². The van der Waals surface area contributed by atoms with E-state index < -0.39 is 0 Å². The van der Waals surface area contributed by atoms with Crippen LogP contribution >= 0.6 is 34.5 Å². The molecule has 2 aromatic rings. The van der Waals surface area contributed by atoms with Gasteiger partial charge in [-0.15, -0.1) is 16.4 Å². The molecule has 0 N–H and O–H groups in total. The predicted octanol–water partition coefficient (Wildman–Crippen LogP) is 2.22. The number of aromatic nitrogens is 3. The minimum Gasteiger partial charge on any atom is -0.368 e. The second kappa shape index (κ2) is 5.58. The standard InChI is InChI=1S/C10H11ClN4OS2/c11-9-7(13-14-18-9)5-15-2-3-16-8(6-15)10-12-1-4-17-10/h1,4,8H,2-3,5-6H2. The number of rotatable bonds is 3. The molecule has 0 aliphatic carbocycles. The van der Waals surface area contributed by atoms with Gasteiger partial charge in [0.2, 0.25) is 0 Å². The van der Waals surface area contributed by atoms with E-state index in [1.165, 1.54) is 11.5 Å². The van der Waals surface area contributed by atoms with Crippen molar-refractivity contribution in [2.75, 3.05) is 19.7 Å². The van der Waals surface area contributed by atoms with Crippen LogP contribution in [0.5, 0.6) is 0 Å². The van der Waals surface area contributed by atoms with Crippen molar-refractivity contribution in [3.63, 3.8) is 0 Å². The first-order valence-corrected chi connectivity index (χ1v) is 7.56. The zero-order valence-corrected chi connectivity index (χ0v) is 11.8. The van der Waals surface area contributed by atoms with Gasteiger partial charge in [0.1, 0.15) is 21.1 Å². The summed E-state index contributed by atoms with van der Waals surface area (Å²) in [6.07, 6.45) is 1.87. The zero-order chi connectivity index (χ0) is 12.4. The third-order valence-electron chi connectivity index (χ3n) is 2.76. The molecule has 0 radical (unpaired) electrons. The second-order valence-corrected chi connectivity index (χ2v) is 6.24.